The maximum Gasteiger partial charge on any atom is 0.0406 e. The highest BCUT2D eigenvalue weighted by atomic mass is 35.5. The third kappa shape index (κ3) is 2.54. The van der Waals surface area contributed by atoms with Crippen LogP contribution < -0.4 is 5.73 Å². The van der Waals surface area contributed by atoms with Gasteiger partial charge in [-0.25, -0.2) is 0 Å². The van der Waals surface area contributed by atoms with E-state index in [1.165, 1.54) is 36.0 Å². The van der Waals surface area contributed by atoms with E-state index in [0.717, 1.165) is 5.02 Å². The standard InChI is InChI=1S/C17H18ClN/c18-14-10-8-13(9-11-14)17(19)16-7-3-5-12-4-1-2-6-15(12)16/h1-2,4,6,8-11,16-17H,3,5,7,19H2. The van der Waals surface area contributed by atoms with Crippen molar-refractivity contribution in [1.82, 2.24) is 0 Å². The predicted molar refractivity (Wildman–Crippen MR) is 80.5 cm³/mol. The quantitative estimate of drug-likeness (QED) is 0.857. The molecule has 0 heterocycles. The molecule has 3 rings (SSSR count). The minimum absolute atomic E-state index is 0.0544. The average molecular weight is 272 g/mol. The summed E-state index contributed by atoms with van der Waals surface area (Å²) in [5, 5.41) is 0.764. The smallest absolute Gasteiger partial charge is 0.0406 e. The highest BCUT2D eigenvalue weighted by Crippen LogP contribution is 2.39. The van der Waals surface area contributed by atoms with Gasteiger partial charge in [-0.3, -0.25) is 0 Å². The van der Waals surface area contributed by atoms with Gasteiger partial charge >= 0.3 is 0 Å². The third-order valence-corrected chi connectivity index (χ3v) is 4.36. The second-order valence-corrected chi connectivity index (χ2v) is 5.71. The number of fused-ring (bicyclic) bond motifs is 1. The Morgan fingerprint density at radius 3 is 2.58 bits per heavy atom. The lowest BCUT2D eigenvalue weighted by Crippen LogP contribution is -2.23. The summed E-state index contributed by atoms with van der Waals surface area (Å²) in [5.41, 5.74) is 10.6. The molecule has 1 aliphatic carbocycles. The maximum atomic E-state index is 6.49. The summed E-state index contributed by atoms with van der Waals surface area (Å²) in [6, 6.07) is 16.7. The van der Waals surface area contributed by atoms with E-state index in [9.17, 15) is 0 Å². The monoisotopic (exact) mass is 271 g/mol. The molecule has 0 fully saturated rings. The van der Waals surface area contributed by atoms with Crippen LogP contribution in [0.5, 0.6) is 0 Å². The fourth-order valence-corrected chi connectivity index (χ4v) is 3.21. The largest absolute Gasteiger partial charge is 0.323 e. The van der Waals surface area contributed by atoms with Crippen LogP contribution >= 0.6 is 11.6 Å². The Morgan fingerprint density at radius 2 is 1.79 bits per heavy atom. The van der Waals surface area contributed by atoms with Crippen molar-refractivity contribution in [1.29, 1.82) is 0 Å². The van der Waals surface area contributed by atoms with Crippen molar-refractivity contribution in [3.8, 4) is 0 Å². The number of halogens is 1. The zero-order valence-electron chi connectivity index (χ0n) is 10.9. The predicted octanol–water partition coefficient (Wildman–Crippen LogP) is 4.46. The van der Waals surface area contributed by atoms with Gasteiger partial charge in [0, 0.05) is 17.0 Å². The topological polar surface area (TPSA) is 26.0 Å². The molecular weight excluding hydrogens is 254 g/mol. The van der Waals surface area contributed by atoms with Gasteiger partial charge in [-0.15, -0.1) is 0 Å². The minimum atomic E-state index is 0.0544. The van der Waals surface area contributed by atoms with Crippen LogP contribution in [0.2, 0.25) is 5.02 Å². The Hall–Kier alpha value is -1.31. The number of hydrogen-bond acceptors (Lipinski definition) is 1. The van der Waals surface area contributed by atoms with E-state index in [2.05, 4.69) is 24.3 Å². The van der Waals surface area contributed by atoms with Crippen molar-refractivity contribution in [3.05, 3.63) is 70.2 Å². The van der Waals surface area contributed by atoms with Gasteiger partial charge in [-0.1, -0.05) is 48.0 Å². The summed E-state index contributed by atoms with van der Waals surface area (Å²) >= 11 is 5.94. The molecule has 0 spiro atoms. The summed E-state index contributed by atoms with van der Waals surface area (Å²) in [4.78, 5) is 0. The zero-order valence-corrected chi connectivity index (χ0v) is 11.6. The Morgan fingerprint density at radius 1 is 1.05 bits per heavy atom. The number of benzene rings is 2. The summed E-state index contributed by atoms with van der Waals surface area (Å²) in [7, 11) is 0. The summed E-state index contributed by atoms with van der Waals surface area (Å²) in [5.74, 6) is 0.422. The molecule has 0 saturated carbocycles. The fraction of sp³-hybridized carbons (Fsp3) is 0.294. The van der Waals surface area contributed by atoms with Gasteiger partial charge in [0.15, 0.2) is 0 Å². The van der Waals surface area contributed by atoms with E-state index < -0.39 is 0 Å². The molecule has 2 N–H and O–H groups in total. The lowest BCUT2D eigenvalue weighted by molar-refractivity contribution is 0.474. The van der Waals surface area contributed by atoms with Crippen LogP contribution in [0.3, 0.4) is 0 Å². The Kier molecular flexibility index (Phi) is 3.58. The van der Waals surface area contributed by atoms with E-state index in [-0.39, 0.29) is 6.04 Å². The van der Waals surface area contributed by atoms with Gasteiger partial charge in [0.1, 0.15) is 0 Å². The van der Waals surface area contributed by atoms with E-state index in [4.69, 9.17) is 17.3 Å². The van der Waals surface area contributed by atoms with Crippen molar-refractivity contribution in [2.75, 3.05) is 0 Å². The normalized spacial score (nSPS) is 19.8. The van der Waals surface area contributed by atoms with Crippen LogP contribution in [0.1, 0.15) is 41.5 Å². The SMILES string of the molecule is NC(c1ccc(Cl)cc1)C1CCCc2ccccc21. The van der Waals surface area contributed by atoms with Crippen LogP contribution in [0.15, 0.2) is 48.5 Å². The van der Waals surface area contributed by atoms with Crippen LogP contribution in [0.4, 0.5) is 0 Å². The zero-order chi connectivity index (χ0) is 13.2. The second-order valence-electron chi connectivity index (χ2n) is 5.27. The van der Waals surface area contributed by atoms with Crippen LogP contribution in [0.25, 0.3) is 0 Å². The number of nitrogens with two attached hydrogens (primary N) is 1. The van der Waals surface area contributed by atoms with Gasteiger partial charge in [-0.2, -0.15) is 0 Å². The van der Waals surface area contributed by atoms with Gasteiger partial charge in [0.2, 0.25) is 0 Å². The van der Waals surface area contributed by atoms with Gasteiger partial charge in [-0.05, 0) is 48.1 Å². The summed E-state index contributed by atoms with van der Waals surface area (Å²) in [6.07, 6.45) is 3.57. The molecule has 0 radical (unpaired) electrons. The van der Waals surface area contributed by atoms with Crippen LogP contribution in [0, 0.1) is 0 Å². The minimum Gasteiger partial charge on any atom is -0.323 e. The molecule has 1 nitrogen and oxygen atoms in total. The van der Waals surface area contributed by atoms with Gasteiger partial charge < -0.3 is 5.73 Å². The number of rotatable bonds is 2. The molecule has 2 unspecified atom stereocenters. The molecule has 0 amide bonds. The maximum absolute atomic E-state index is 6.49. The number of hydrogen-bond donors (Lipinski definition) is 1. The fourth-order valence-electron chi connectivity index (χ4n) is 3.08. The second kappa shape index (κ2) is 5.36. The molecule has 0 bridgehead atoms. The highest BCUT2D eigenvalue weighted by Gasteiger charge is 2.26. The first-order valence-electron chi connectivity index (χ1n) is 6.84. The molecule has 2 heteroatoms. The molecule has 2 atom stereocenters. The number of aryl methyl sites for hydroxylation is 1. The van der Waals surface area contributed by atoms with E-state index >= 15 is 0 Å². The molecule has 1 aliphatic rings. The highest BCUT2D eigenvalue weighted by molar-refractivity contribution is 6.30. The van der Waals surface area contributed by atoms with Crippen molar-refractivity contribution >= 4 is 11.6 Å². The van der Waals surface area contributed by atoms with Crippen molar-refractivity contribution < 1.29 is 0 Å². The van der Waals surface area contributed by atoms with Crippen molar-refractivity contribution in [2.24, 2.45) is 5.73 Å². The first-order valence-corrected chi connectivity index (χ1v) is 7.22. The first kappa shape index (κ1) is 12.7. The van der Waals surface area contributed by atoms with E-state index in [1.54, 1.807) is 0 Å². The van der Waals surface area contributed by atoms with E-state index in [1.807, 2.05) is 24.3 Å². The lowest BCUT2D eigenvalue weighted by atomic mass is 9.77. The molecule has 0 aromatic heterocycles. The van der Waals surface area contributed by atoms with E-state index in [0.29, 0.717) is 5.92 Å². The molecule has 19 heavy (non-hydrogen) atoms. The molecular formula is C17H18ClN. The third-order valence-electron chi connectivity index (χ3n) is 4.10. The summed E-state index contributed by atoms with van der Waals surface area (Å²) in [6.45, 7) is 0. The molecule has 2 aromatic carbocycles. The molecule has 2 aromatic rings. The van der Waals surface area contributed by atoms with Crippen LogP contribution in [-0.2, 0) is 6.42 Å². The Balaban J connectivity index is 1.92. The van der Waals surface area contributed by atoms with Crippen molar-refractivity contribution in [2.45, 2.75) is 31.2 Å². The van der Waals surface area contributed by atoms with Crippen LogP contribution in [-0.4, -0.2) is 0 Å². The van der Waals surface area contributed by atoms with Crippen molar-refractivity contribution in [3.63, 3.8) is 0 Å². The molecule has 0 saturated heterocycles. The Bertz CT molecular complexity index is 562. The first-order chi connectivity index (χ1) is 9.25. The molecule has 0 aliphatic heterocycles. The average Bonchev–Trinajstić information content (AvgIpc) is 2.47. The van der Waals surface area contributed by atoms with Gasteiger partial charge in [0.25, 0.3) is 0 Å². The lowest BCUT2D eigenvalue weighted by Gasteiger charge is -2.30. The molecule has 98 valence electrons. The van der Waals surface area contributed by atoms with Gasteiger partial charge in [0.05, 0.1) is 0 Å². The Labute approximate surface area is 119 Å². The summed E-state index contributed by atoms with van der Waals surface area (Å²) < 4.78 is 0.